The summed E-state index contributed by atoms with van der Waals surface area (Å²) in [5, 5.41) is 11.6. The molecule has 0 saturated heterocycles. The van der Waals surface area contributed by atoms with E-state index in [-0.39, 0.29) is 18.1 Å². The fourth-order valence-corrected chi connectivity index (χ4v) is 2.36. The van der Waals surface area contributed by atoms with Gasteiger partial charge in [-0.15, -0.1) is 0 Å². The van der Waals surface area contributed by atoms with Crippen molar-refractivity contribution in [2.75, 3.05) is 6.61 Å². The van der Waals surface area contributed by atoms with Gasteiger partial charge in [-0.1, -0.05) is 18.2 Å². The Hall–Kier alpha value is -3.02. The SMILES string of the molecule is CC(C)Oc1cccc(C(C)NC(=O)c2cccc(OCC(=O)O)c2)c1. The van der Waals surface area contributed by atoms with Crippen LogP contribution in [0.15, 0.2) is 48.5 Å². The molecule has 2 aromatic rings. The zero-order valence-electron chi connectivity index (χ0n) is 15.1. The molecule has 0 radical (unpaired) electrons. The minimum absolute atomic E-state index is 0.0729. The normalized spacial score (nSPS) is 11.7. The van der Waals surface area contributed by atoms with Gasteiger partial charge in [-0.3, -0.25) is 4.79 Å². The predicted molar refractivity (Wildman–Crippen MR) is 97.7 cm³/mol. The monoisotopic (exact) mass is 357 g/mol. The highest BCUT2D eigenvalue weighted by Crippen LogP contribution is 2.21. The van der Waals surface area contributed by atoms with Gasteiger partial charge in [-0.2, -0.15) is 0 Å². The first-order valence-electron chi connectivity index (χ1n) is 8.37. The topological polar surface area (TPSA) is 84.9 Å². The molecule has 6 heteroatoms. The third kappa shape index (κ3) is 5.81. The first-order chi connectivity index (χ1) is 12.3. The molecular weight excluding hydrogens is 334 g/mol. The Morgan fingerprint density at radius 1 is 1.04 bits per heavy atom. The maximum absolute atomic E-state index is 12.5. The van der Waals surface area contributed by atoms with Crippen LogP contribution in [0.4, 0.5) is 0 Å². The Bertz CT molecular complexity index is 772. The molecule has 6 nitrogen and oxygen atoms in total. The van der Waals surface area contributed by atoms with Gasteiger partial charge in [0.05, 0.1) is 12.1 Å². The van der Waals surface area contributed by atoms with Gasteiger partial charge >= 0.3 is 5.97 Å². The Morgan fingerprint density at radius 3 is 2.42 bits per heavy atom. The molecule has 1 unspecified atom stereocenters. The van der Waals surface area contributed by atoms with Crippen LogP contribution in [0.1, 0.15) is 42.7 Å². The van der Waals surface area contributed by atoms with Gasteiger partial charge in [0.15, 0.2) is 6.61 Å². The van der Waals surface area contributed by atoms with E-state index < -0.39 is 12.6 Å². The highest BCUT2D eigenvalue weighted by atomic mass is 16.5. The van der Waals surface area contributed by atoms with Gasteiger partial charge in [0.25, 0.3) is 5.91 Å². The maximum Gasteiger partial charge on any atom is 0.341 e. The molecule has 1 atom stereocenters. The van der Waals surface area contributed by atoms with Crippen LogP contribution in [0.2, 0.25) is 0 Å². The van der Waals surface area contributed by atoms with Crippen molar-refractivity contribution in [2.24, 2.45) is 0 Å². The van der Waals surface area contributed by atoms with E-state index in [1.165, 1.54) is 6.07 Å². The van der Waals surface area contributed by atoms with Gasteiger partial charge < -0.3 is 19.9 Å². The van der Waals surface area contributed by atoms with Crippen LogP contribution in [0.5, 0.6) is 11.5 Å². The van der Waals surface area contributed by atoms with E-state index >= 15 is 0 Å². The third-order valence-electron chi connectivity index (χ3n) is 3.54. The molecule has 0 bridgehead atoms. The summed E-state index contributed by atoms with van der Waals surface area (Å²) in [7, 11) is 0. The second-order valence-electron chi connectivity index (χ2n) is 6.14. The van der Waals surface area contributed by atoms with Crippen LogP contribution >= 0.6 is 0 Å². The quantitative estimate of drug-likeness (QED) is 0.756. The van der Waals surface area contributed by atoms with Crippen molar-refractivity contribution in [2.45, 2.75) is 32.9 Å². The summed E-state index contributed by atoms with van der Waals surface area (Å²) in [5.74, 6) is -0.256. The third-order valence-corrected chi connectivity index (χ3v) is 3.54. The number of hydrogen-bond donors (Lipinski definition) is 2. The summed E-state index contributed by atoms with van der Waals surface area (Å²) >= 11 is 0. The number of nitrogens with one attached hydrogen (secondary N) is 1. The first kappa shape index (κ1) is 19.3. The predicted octanol–water partition coefficient (Wildman–Crippen LogP) is 3.43. The molecule has 2 N–H and O–H groups in total. The number of ether oxygens (including phenoxy) is 2. The molecule has 0 heterocycles. The number of amides is 1. The molecule has 26 heavy (non-hydrogen) atoms. The van der Waals surface area contributed by atoms with Gasteiger partial charge in [0.2, 0.25) is 0 Å². The minimum Gasteiger partial charge on any atom is -0.491 e. The molecule has 2 aromatic carbocycles. The molecule has 0 saturated carbocycles. The average molecular weight is 357 g/mol. The number of rotatable bonds is 8. The van der Waals surface area contributed by atoms with Crippen molar-refractivity contribution >= 4 is 11.9 Å². The van der Waals surface area contributed by atoms with Crippen molar-refractivity contribution in [3.05, 3.63) is 59.7 Å². The smallest absolute Gasteiger partial charge is 0.341 e. The zero-order valence-corrected chi connectivity index (χ0v) is 15.1. The van der Waals surface area contributed by atoms with Crippen LogP contribution in [0.25, 0.3) is 0 Å². The van der Waals surface area contributed by atoms with Crippen molar-refractivity contribution in [3.8, 4) is 11.5 Å². The van der Waals surface area contributed by atoms with Crippen LogP contribution in [0, 0.1) is 0 Å². The van der Waals surface area contributed by atoms with E-state index in [0.717, 1.165) is 11.3 Å². The Balaban J connectivity index is 2.05. The lowest BCUT2D eigenvalue weighted by molar-refractivity contribution is -0.139. The van der Waals surface area contributed by atoms with E-state index in [1.54, 1.807) is 18.2 Å². The molecule has 138 valence electrons. The molecule has 0 aliphatic rings. The molecule has 0 aliphatic heterocycles. The van der Waals surface area contributed by atoms with Gasteiger partial charge in [0.1, 0.15) is 11.5 Å². The fraction of sp³-hybridized carbons (Fsp3) is 0.300. The molecule has 0 spiro atoms. The lowest BCUT2D eigenvalue weighted by Gasteiger charge is -2.17. The minimum atomic E-state index is -1.07. The van der Waals surface area contributed by atoms with Crippen LogP contribution < -0.4 is 14.8 Å². The highest BCUT2D eigenvalue weighted by molar-refractivity contribution is 5.94. The van der Waals surface area contributed by atoms with Crippen LogP contribution in [-0.2, 0) is 4.79 Å². The zero-order chi connectivity index (χ0) is 19.1. The number of benzene rings is 2. The van der Waals surface area contributed by atoms with Crippen molar-refractivity contribution in [3.63, 3.8) is 0 Å². The van der Waals surface area contributed by atoms with Crippen LogP contribution in [-0.4, -0.2) is 29.7 Å². The van der Waals surface area contributed by atoms with E-state index in [1.807, 2.05) is 45.0 Å². The van der Waals surface area contributed by atoms with E-state index in [4.69, 9.17) is 14.6 Å². The van der Waals surface area contributed by atoms with Crippen molar-refractivity contribution < 1.29 is 24.2 Å². The van der Waals surface area contributed by atoms with Gasteiger partial charge in [0, 0.05) is 5.56 Å². The number of carbonyl (C=O) groups is 2. The number of carbonyl (C=O) groups excluding carboxylic acids is 1. The largest absolute Gasteiger partial charge is 0.491 e. The number of carboxylic acids is 1. The summed E-state index contributed by atoms with van der Waals surface area (Å²) in [6.45, 7) is 5.34. The fourth-order valence-electron chi connectivity index (χ4n) is 2.36. The molecule has 0 aliphatic carbocycles. The summed E-state index contributed by atoms with van der Waals surface area (Å²) < 4.78 is 10.8. The molecule has 2 rings (SSSR count). The first-order valence-corrected chi connectivity index (χ1v) is 8.37. The second kappa shape index (κ2) is 8.89. The Morgan fingerprint density at radius 2 is 1.73 bits per heavy atom. The number of carboxylic acid groups (broad SMARTS) is 1. The molecule has 1 amide bonds. The Labute approximate surface area is 152 Å². The molecule has 0 aromatic heterocycles. The molecular formula is C20H23NO5. The summed E-state index contributed by atoms with van der Waals surface area (Å²) in [6, 6.07) is 13.8. The van der Waals surface area contributed by atoms with E-state index in [0.29, 0.717) is 11.3 Å². The standard InChI is InChI=1S/C20H23NO5/c1-13(2)26-18-9-4-6-15(10-18)14(3)21-20(24)16-7-5-8-17(11-16)25-12-19(22)23/h4-11,13-14H,12H2,1-3H3,(H,21,24)(H,22,23). The average Bonchev–Trinajstić information content (AvgIpc) is 2.59. The van der Waals surface area contributed by atoms with E-state index in [9.17, 15) is 9.59 Å². The summed E-state index contributed by atoms with van der Waals surface area (Å²) in [6.07, 6.45) is 0.0729. The van der Waals surface area contributed by atoms with Gasteiger partial charge in [-0.25, -0.2) is 4.79 Å². The number of hydrogen-bond acceptors (Lipinski definition) is 4. The Kier molecular flexibility index (Phi) is 6.60. The van der Waals surface area contributed by atoms with Crippen molar-refractivity contribution in [1.29, 1.82) is 0 Å². The number of aliphatic carboxylic acids is 1. The van der Waals surface area contributed by atoms with Crippen LogP contribution in [0.3, 0.4) is 0 Å². The maximum atomic E-state index is 12.5. The summed E-state index contributed by atoms with van der Waals surface area (Å²) in [4.78, 5) is 23.0. The second-order valence-corrected chi connectivity index (χ2v) is 6.14. The molecule has 0 fully saturated rings. The lowest BCUT2D eigenvalue weighted by Crippen LogP contribution is -2.26. The van der Waals surface area contributed by atoms with Gasteiger partial charge in [-0.05, 0) is 56.7 Å². The van der Waals surface area contributed by atoms with Crippen molar-refractivity contribution in [1.82, 2.24) is 5.32 Å². The lowest BCUT2D eigenvalue weighted by atomic mass is 10.1. The van der Waals surface area contributed by atoms with E-state index in [2.05, 4.69) is 5.32 Å². The highest BCUT2D eigenvalue weighted by Gasteiger charge is 2.13. The summed E-state index contributed by atoms with van der Waals surface area (Å²) in [5.41, 5.74) is 1.32.